The molecule has 0 saturated carbocycles. The molecule has 2 saturated heterocycles. The lowest BCUT2D eigenvalue weighted by Crippen LogP contribution is -2.33. The zero-order chi connectivity index (χ0) is 16.7. The minimum atomic E-state index is 0.112. The van der Waals surface area contributed by atoms with E-state index < -0.39 is 0 Å². The largest absolute Gasteiger partial charge is 0.380 e. The van der Waals surface area contributed by atoms with Crippen LogP contribution in [0.25, 0.3) is 0 Å². The maximum Gasteiger partial charge on any atom is 0.225 e. The van der Waals surface area contributed by atoms with Gasteiger partial charge < -0.3 is 14.5 Å². The van der Waals surface area contributed by atoms with Crippen LogP contribution < -0.4 is 0 Å². The van der Waals surface area contributed by atoms with Gasteiger partial charge in [-0.3, -0.25) is 9.59 Å². The first-order valence-corrected chi connectivity index (χ1v) is 8.47. The van der Waals surface area contributed by atoms with Crippen molar-refractivity contribution in [2.45, 2.75) is 53.1 Å². The molecule has 2 amide bonds. The smallest absolute Gasteiger partial charge is 0.225 e. The number of hydrogen-bond acceptors (Lipinski definition) is 3. The fourth-order valence-electron chi connectivity index (χ4n) is 2.79. The summed E-state index contributed by atoms with van der Waals surface area (Å²) in [7, 11) is 1.70. The van der Waals surface area contributed by atoms with Crippen LogP contribution in [0.3, 0.4) is 0 Å². The van der Waals surface area contributed by atoms with Crippen molar-refractivity contribution >= 4 is 11.8 Å². The molecule has 0 bridgehead atoms. The van der Waals surface area contributed by atoms with E-state index >= 15 is 0 Å². The van der Waals surface area contributed by atoms with Crippen LogP contribution in [0.1, 0.15) is 47.0 Å². The summed E-state index contributed by atoms with van der Waals surface area (Å²) >= 11 is 0. The van der Waals surface area contributed by atoms with Gasteiger partial charge in [0.2, 0.25) is 11.8 Å². The van der Waals surface area contributed by atoms with Gasteiger partial charge in [-0.05, 0) is 19.3 Å². The third kappa shape index (κ3) is 5.59. The van der Waals surface area contributed by atoms with E-state index in [1.807, 2.05) is 37.5 Å². The second-order valence-corrected chi connectivity index (χ2v) is 6.77. The average molecular weight is 312 g/mol. The van der Waals surface area contributed by atoms with Crippen LogP contribution in [-0.4, -0.2) is 61.0 Å². The van der Waals surface area contributed by atoms with Crippen LogP contribution in [0.2, 0.25) is 0 Å². The number of carbonyl (C=O) groups is 2. The first kappa shape index (κ1) is 18.9. The third-order valence-corrected chi connectivity index (χ3v) is 4.20. The number of nitrogens with zero attached hydrogens (tertiary/aromatic N) is 2. The Morgan fingerprint density at radius 2 is 1.41 bits per heavy atom. The van der Waals surface area contributed by atoms with Gasteiger partial charge in [-0.2, -0.15) is 0 Å². The summed E-state index contributed by atoms with van der Waals surface area (Å²) in [5, 5.41) is 0. The molecule has 2 rings (SSSR count). The molecule has 0 spiro atoms. The van der Waals surface area contributed by atoms with Crippen molar-refractivity contribution in [3.8, 4) is 0 Å². The molecule has 0 aromatic heterocycles. The highest BCUT2D eigenvalue weighted by molar-refractivity contribution is 5.78. The van der Waals surface area contributed by atoms with E-state index in [4.69, 9.17) is 4.74 Å². The maximum absolute atomic E-state index is 11.5. The number of methoxy groups -OCH3 is 1. The van der Waals surface area contributed by atoms with Gasteiger partial charge in [0.15, 0.2) is 0 Å². The minimum Gasteiger partial charge on any atom is -0.380 e. The first-order chi connectivity index (χ1) is 10.4. The molecular weight excluding hydrogens is 280 g/mol. The molecular formula is C17H32N2O3. The molecule has 1 unspecified atom stereocenters. The first-order valence-electron chi connectivity index (χ1n) is 8.47. The van der Waals surface area contributed by atoms with E-state index in [-0.39, 0.29) is 23.8 Å². The fraction of sp³-hybridized carbons (Fsp3) is 0.882. The van der Waals surface area contributed by atoms with Crippen LogP contribution in [-0.2, 0) is 14.3 Å². The maximum atomic E-state index is 11.5. The van der Waals surface area contributed by atoms with Crippen LogP contribution >= 0.6 is 0 Å². The molecule has 0 aliphatic carbocycles. The summed E-state index contributed by atoms with van der Waals surface area (Å²) < 4.78 is 5.18. The zero-order valence-electron chi connectivity index (χ0n) is 14.8. The molecule has 2 heterocycles. The van der Waals surface area contributed by atoms with Gasteiger partial charge in [0, 0.05) is 45.1 Å². The minimum absolute atomic E-state index is 0.112. The summed E-state index contributed by atoms with van der Waals surface area (Å²) in [4.78, 5) is 26.6. The van der Waals surface area contributed by atoms with Gasteiger partial charge in [0.1, 0.15) is 0 Å². The Labute approximate surface area is 135 Å². The molecule has 0 radical (unpaired) electrons. The summed E-state index contributed by atoms with van der Waals surface area (Å²) in [5.41, 5.74) is 0. The van der Waals surface area contributed by atoms with E-state index in [0.29, 0.717) is 5.91 Å². The Balaban J connectivity index is 0.000000224. The summed E-state index contributed by atoms with van der Waals surface area (Å²) in [6.07, 6.45) is 3.62. The van der Waals surface area contributed by atoms with Crippen LogP contribution in [0.15, 0.2) is 0 Å². The molecule has 1 atom stereocenters. The monoisotopic (exact) mass is 312 g/mol. The molecule has 0 aromatic carbocycles. The van der Waals surface area contributed by atoms with Crippen LogP contribution in [0, 0.1) is 11.8 Å². The van der Waals surface area contributed by atoms with Crippen molar-refractivity contribution in [2.24, 2.45) is 11.8 Å². The molecule has 5 nitrogen and oxygen atoms in total. The summed E-state index contributed by atoms with van der Waals surface area (Å²) in [6, 6.07) is 0. The van der Waals surface area contributed by atoms with Gasteiger partial charge in [0.25, 0.3) is 0 Å². The Hall–Kier alpha value is -1.10. The number of amides is 2. The van der Waals surface area contributed by atoms with Gasteiger partial charge >= 0.3 is 0 Å². The highest BCUT2D eigenvalue weighted by Gasteiger charge is 2.26. The molecule has 0 aromatic rings. The number of rotatable bonds is 3. The highest BCUT2D eigenvalue weighted by atomic mass is 16.5. The van der Waals surface area contributed by atoms with Crippen molar-refractivity contribution in [1.82, 2.24) is 9.80 Å². The second kappa shape index (κ2) is 9.13. The van der Waals surface area contributed by atoms with Crippen molar-refractivity contribution in [2.75, 3.05) is 33.3 Å². The molecule has 2 aliphatic rings. The van der Waals surface area contributed by atoms with Gasteiger partial charge in [-0.1, -0.05) is 27.7 Å². The summed E-state index contributed by atoms with van der Waals surface area (Å²) in [6.45, 7) is 11.4. The normalized spacial score (nSPS) is 21.3. The van der Waals surface area contributed by atoms with E-state index in [1.54, 1.807) is 7.11 Å². The Bertz CT molecular complexity index is 363. The molecule has 22 heavy (non-hydrogen) atoms. The Morgan fingerprint density at radius 3 is 1.82 bits per heavy atom. The topological polar surface area (TPSA) is 49.9 Å². The van der Waals surface area contributed by atoms with E-state index in [1.165, 1.54) is 12.8 Å². The lowest BCUT2D eigenvalue weighted by molar-refractivity contribution is -0.134. The zero-order valence-corrected chi connectivity index (χ0v) is 14.8. The standard InChI is InChI=1S/C9H17NO2.C8H15NO/c1-7(2)9(11)10-5-4-8(6-10)12-3;1-7(2)8(10)9-5-3-4-6-9/h7-8H,4-6H2,1-3H3;7H,3-6H2,1-2H3. The Kier molecular flexibility index (Phi) is 7.87. The lowest BCUT2D eigenvalue weighted by atomic mass is 10.2. The van der Waals surface area contributed by atoms with Gasteiger partial charge in [-0.25, -0.2) is 0 Å². The van der Waals surface area contributed by atoms with Crippen molar-refractivity contribution in [1.29, 1.82) is 0 Å². The third-order valence-electron chi connectivity index (χ3n) is 4.20. The molecule has 2 aliphatic heterocycles. The van der Waals surface area contributed by atoms with Crippen molar-refractivity contribution in [3.05, 3.63) is 0 Å². The average Bonchev–Trinajstić information content (AvgIpc) is 3.17. The van der Waals surface area contributed by atoms with Gasteiger partial charge in [-0.15, -0.1) is 0 Å². The Morgan fingerprint density at radius 1 is 0.909 bits per heavy atom. The van der Waals surface area contributed by atoms with E-state index in [2.05, 4.69) is 0 Å². The number of likely N-dealkylation sites (tertiary alicyclic amines) is 2. The number of carbonyl (C=O) groups excluding carboxylic acids is 2. The van der Waals surface area contributed by atoms with Crippen molar-refractivity contribution < 1.29 is 14.3 Å². The highest BCUT2D eigenvalue weighted by Crippen LogP contribution is 2.14. The molecule has 5 heteroatoms. The fourth-order valence-corrected chi connectivity index (χ4v) is 2.79. The van der Waals surface area contributed by atoms with Crippen LogP contribution in [0.4, 0.5) is 0 Å². The second-order valence-electron chi connectivity index (χ2n) is 6.77. The SMILES string of the molecule is CC(C)C(=O)N1CCCC1.COC1CCN(C(=O)C(C)C)C1. The molecule has 0 N–H and O–H groups in total. The van der Waals surface area contributed by atoms with E-state index in [9.17, 15) is 9.59 Å². The predicted octanol–water partition coefficient (Wildman–Crippen LogP) is 2.15. The number of hydrogen-bond donors (Lipinski definition) is 0. The van der Waals surface area contributed by atoms with Crippen LogP contribution in [0.5, 0.6) is 0 Å². The molecule has 2 fully saturated rings. The van der Waals surface area contributed by atoms with Crippen molar-refractivity contribution in [3.63, 3.8) is 0 Å². The van der Waals surface area contributed by atoms with E-state index in [0.717, 1.165) is 32.6 Å². The van der Waals surface area contributed by atoms with Gasteiger partial charge in [0.05, 0.1) is 6.10 Å². The predicted molar refractivity (Wildman–Crippen MR) is 87.5 cm³/mol. The molecule has 128 valence electrons. The number of ether oxygens (including phenoxy) is 1. The lowest BCUT2D eigenvalue weighted by Gasteiger charge is -2.18. The summed E-state index contributed by atoms with van der Waals surface area (Å²) in [5.74, 6) is 0.853. The quantitative estimate of drug-likeness (QED) is 0.802.